The molecular formula is C17H15F4N3O3. The Morgan fingerprint density at radius 1 is 1.19 bits per heavy atom. The number of amides is 2. The molecule has 2 rings (SSSR count). The first-order valence-electron chi connectivity index (χ1n) is 7.68. The fourth-order valence-electron chi connectivity index (χ4n) is 2.04. The molecule has 0 aliphatic carbocycles. The number of pyridine rings is 1. The van der Waals surface area contributed by atoms with E-state index >= 15 is 0 Å². The number of carbonyl (C=O) groups is 2. The van der Waals surface area contributed by atoms with Crippen LogP contribution in [0.5, 0.6) is 5.75 Å². The van der Waals surface area contributed by atoms with E-state index in [0.717, 1.165) is 6.07 Å². The van der Waals surface area contributed by atoms with Gasteiger partial charge in [-0.15, -0.1) is 0 Å². The second-order valence-electron chi connectivity index (χ2n) is 5.36. The quantitative estimate of drug-likeness (QED) is 0.592. The average Bonchev–Trinajstić information content (AvgIpc) is 2.58. The molecule has 0 bridgehead atoms. The Kier molecular flexibility index (Phi) is 6.32. The highest BCUT2D eigenvalue weighted by molar-refractivity contribution is 5.96. The van der Waals surface area contributed by atoms with Crippen molar-refractivity contribution in [3.8, 4) is 5.75 Å². The minimum atomic E-state index is -4.64. The predicted octanol–water partition coefficient (Wildman–Crippen LogP) is 3.01. The molecule has 27 heavy (non-hydrogen) atoms. The third-order valence-corrected chi connectivity index (χ3v) is 3.23. The SMILES string of the molecule is CC(=O)Nc1cc(C(=O)NCCOc2ccc(C(F)(F)F)cc2F)ccn1. The number of nitrogens with zero attached hydrogens (tertiary/aromatic N) is 1. The summed E-state index contributed by atoms with van der Waals surface area (Å²) >= 11 is 0. The van der Waals surface area contributed by atoms with Crippen molar-refractivity contribution in [3.63, 3.8) is 0 Å². The Labute approximate surface area is 151 Å². The van der Waals surface area contributed by atoms with E-state index in [-0.39, 0.29) is 36.2 Å². The molecule has 2 amide bonds. The highest BCUT2D eigenvalue weighted by Gasteiger charge is 2.31. The normalized spacial score (nSPS) is 11.0. The van der Waals surface area contributed by atoms with E-state index in [4.69, 9.17) is 4.74 Å². The molecule has 1 aromatic heterocycles. The van der Waals surface area contributed by atoms with Crippen LogP contribution in [-0.2, 0) is 11.0 Å². The summed E-state index contributed by atoms with van der Waals surface area (Å²) in [6, 6.07) is 4.72. The first kappa shape index (κ1) is 20.1. The van der Waals surface area contributed by atoms with Crippen molar-refractivity contribution in [2.75, 3.05) is 18.5 Å². The first-order valence-corrected chi connectivity index (χ1v) is 7.68. The van der Waals surface area contributed by atoms with E-state index in [2.05, 4.69) is 15.6 Å². The standard InChI is InChI=1S/C17H15F4N3O3/c1-10(25)24-15-8-11(4-5-22-15)16(26)23-6-7-27-14-3-2-12(9-13(14)18)17(19,20)21/h2-5,8-9H,6-7H2,1H3,(H,23,26)(H,22,24,25). The number of alkyl halides is 3. The summed E-state index contributed by atoms with van der Waals surface area (Å²) in [5.74, 6) is -2.12. The van der Waals surface area contributed by atoms with Crippen LogP contribution in [0.2, 0.25) is 0 Å². The maximum Gasteiger partial charge on any atom is 0.416 e. The fraction of sp³-hybridized carbons (Fsp3) is 0.235. The zero-order valence-corrected chi connectivity index (χ0v) is 14.1. The Balaban J connectivity index is 1.86. The second-order valence-corrected chi connectivity index (χ2v) is 5.36. The minimum Gasteiger partial charge on any atom is -0.489 e. The van der Waals surface area contributed by atoms with Crippen molar-refractivity contribution in [1.29, 1.82) is 0 Å². The van der Waals surface area contributed by atoms with Crippen LogP contribution in [0.15, 0.2) is 36.5 Å². The third kappa shape index (κ3) is 5.94. The van der Waals surface area contributed by atoms with Crippen molar-refractivity contribution in [3.05, 3.63) is 53.5 Å². The van der Waals surface area contributed by atoms with E-state index in [1.54, 1.807) is 0 Å². The molecule has 1 heterocycles. The molecule has 0 saturated heterocycles. The number of ether oxygens (including phenoxy) is 1. The van der Waals surface area contributed by atoms with Crippen molar-refractivity contribution in [2.45, 2.75) is 13.1 Å². The topological polar surface area (TPSA) is 80.3 Å². The molecule has 0 aliphatic rings. The summed E-state index contributed by atoms with van der Waals surface area (Å²) in [6.45, 7) is 1.13. The van der Waals surface area contributed by atoms with Crippen molar-refractivity contribution < 1.29 is 31.9 Å². The number of nitrogens with one attached hydrogen (secondary N) is 2. The predicted molar refractivity (Wildman–Crippen MR) is 87.8 cm³/mol. The molecular weight excluding hydrogens is 370 g/mol. The molecule has 6 nitrogen and oxygen atoms in total. The summed E-state index contributed by atoms with van der Waals surface area (Å²) in [5.41, 5.74) is -0.886. The molecule has 0 atom stereocenters. The highest BCUT2D eigenvalue weighted by atomic mass is 19.4. The van der Waals surface area contributed by atoms with E-state index < -0.39 is 23.5 Å². The van der Waals surface area contributed by atoms with Gasteiger partial charge >= 0.3 is 6.18 Å². The Hall–Kier alpha value is -3.17. The largest absolute Gasteiger partial charge is 0.489 e. The van der Waals surface area contributed by atoms with E-state index in [1.165, 1.54) is 25.3 Å². The van der Waals surface area contributed by atoms with Gasteiger partial charge in [-0.05, 0) is 30.3 Å². The molecule has 10 heteroatoms. The van der Waals surface area contributed by atoms with E-state index in [1.807, 2.05) is 0 Å². The van der Waals surface area contributed by atoms with Crippen LogP contribution in [0.4, 0.5) is 23.4 Å². The Morgan fingerprint density at radius 3 is 2.56 bits per heavy atom. The summed E-state index contributed by atoms with van der Waals surface area (Å²) in [5, 5.41) is 4.93. The van der Waals surface area contributed by atoms with Gasteiger partial charge in [0, 0.05) is 18.7 Å². The number of aromatic nitrogens is 1. The van der Waals surface area contributed by atoms with E-state index in [9.17, 15) is 27.2 Å². The Bertz CT molecular complexity index is 840. The van der Waals surface area contributed by atoms with Gasteiger partial charge in [-0.3, -0.25) is 9.59 Å². The van der Waals surface area contributed by atoms with Crippen LogP contribution in [0.1, 0.15) is 22.8 Å². The van der Waals surface area contributed by atoms with Gasteiger partial charge in [0.25, 0.3) is 5.91 Å². The maximum atomic E-state index is 13.6. The lowest BCUT2D eigenvalue weighted by Crippen LogP contribution is -2.28. The number of rotatable bonds is 6. The van der Waals surface area contributed by atoms with Crippen LogP contribution in [-0.4, -0.2) is 29.9 Å². The van der Waals surface area contributed by atoms with Gasteiger partial charge in [0.1, 0.15) is 12.4 Å². The molecule has 2 aromatic rings. The number of hydrogen-bond acceptors (Lipinski definition) is 4. The summed E-state index contributed by atoms with van der Waals surface area (Å²) in [6.07, 6.45) is -3.30. The summed E-state index contributed by atoms with van der Waals surface area (Å²) < 4.78 is 56.1. The smallest absolute Gasteiger partial charge is 0.416 e. The number of hydrogen-bond donors (Lipinski definition) is 2. The number of carbonyl (C=O) groups excluding carboxylic acids is 2. The number of anilines is 1. The van der Waals surface area contributed by atoms with Crippen LogP contribution in [0.3, 0.4) is 0 Å². The average molecular weight is 385 g/mol. The van der Waals surface area contributed by atoms with Gasteiger partial charge in [0.05, 0.1) is 12.1 Å². The van der Waals surface area contributed by atoms with Crippen molar-refractivity contribution in [1.82, 2.24) is 10.3 Å². The van der Waals surface area contributed by atoms with Gasteiger partial charge in [0.2, 0.25) is 5.91 Å². The van der Waals surface area contributed by atoms with Gasteiger partial charge in [-0.1, -0.05) is 0 Å². The molecule has 0 aliphatic heterocycles. The van der Waals surface area contributed by atoms with Crippen LogP contribution >= 0.6 is 0 Å². The molecule has 0 spiro atoms. The van der Waals surface area contributed by atoms with Crippen molar-refractivity contribution >= 4 is 17.6 Å². The zero-order valence-electron chi connectivity index (χ0n) is 14.1. The lowest BCUT2D eigenvalue weighted by atomic mass is 10.2. The van der Waals surface area contributed by atoms with Crippen molar-refractivity contribution in [2.24, 2.45) is 0 Å². The third-order valence-electron chi connectivity index (χ3n) is 3.23. The fourth-order valence-corrected chi connectivity index (χ4v) is 2.04. The highest BCUT2D eigenvalue weighted by Crippen LogP contribution is 2.31. The number of halogens is 4. The lowest BCUT2D eigenvalue weighted by Gasteiger charge is -2.11. The lowest BCUT2D eigenvalue weighted by molar-refractivity contribution is -0.137. The molecule has 0 fully saturated rings. The molecule has 1 aromatic carbocycles. The summed E-state index contributed by atoms with van der Waals surface area (Å²) in [7, 11) is 0. The minimum absolute atomic E-state index is 0.0168. The van der Waals surface area contributed by atoms with E-state index in [0.29, 0.717) is 12.1 Å². The number of benzene rings is 1. The van der Waals surface area contributed by atoms with Gasteiger partial charge in [0.15, 0.2) is 11.6 Å². The van der Waals surface area contributed by atoms with Gasteiger partial charge in [-0.25, -0.2) is 9.37 Å². The monoisotopic (exact) mass is 385 g/mol. The zero-order chi connectivity index (χ0) is 20.0. The molecule has 144 valence electrons. The van der Waals surface area contributed by atoms with Gasteiger partial charge < -0.3 is 15.4 Å². The second kappa shape index (κ2) is 8.47. The molecule has 2 N–H and O–H groups in total. The maximum absolute atomic E-state index is 13.6. The van der Waals surface area contributed by atoms with Crippen LogP contribution < -0.4 is 15.4 Å². The van der Waals surface area contributed by atoms with Crippen LogP contribution in [0, 0.1) is 5.82 Å². The molecule has 0 unspecified atom stereocenters. The van der Waals surface area contributed by atoms with Gasteiger partial charge in [-0.2, -0.15) is 13.2 Å². The first-order chi connectivity index (χ1) is 12.7. The van der Waals surface area contributed by atoms with Crippen LogP contribution in [0.25, 0.3) is 0 Å². The molecule has 0 saturated carbocycles. The summed E-state index contributed by atoms with van der Waals surface area (Å²) in [4.78, 5) is 26.9. The Morgan fingerprint density at radius 2 is 1.93 bits per heavy atom. The molecule has 0 radical (unpaired) electrons.